The average molecular weight is 295 g/mol. The van der Waals surface area contributed by atoms with Gasteiger partial charge in [0.2, 0.25) is 0 Å². The van der Waals surface area contributed by atoms with Crippen LogP contribution in [0.3, 0.4) is 0 Å². The van der Waals surface area contributed by atoms with Crippen molar-refractivity contribution in [2.45, 2.75) is 25.5 Å². The van der Waals surface area contributed by atoms with Gasteiger partial charge in [0, 0.05) is 18.7 Å². The molecule has 0 unspecified atom stereocenters. The van der Waals surface area contributed by atoms with Crippen LogP contribution in [0.5, 0.6) is 0 Å². The number of pyridine rings is 1. The lowest BCUT2D eigenvalue weighted by Crippen LogP contribution is -2.34. The monoisotopic (exact) mass is 294 g/mol. The number of aliphatic hydroxyl groups is 1. The smallest absolute Gasteiger partial charge is 0.270 e. The van der Waals surface area contributed by atoms with E-state index in [2.05, 4.69) is 10.3 Å². The number of hydrogen-bond acceptors (Lipinski definition) is 4. The van der Waals surface area contributed by atoms with Crippen molar-refractivity contribution in [1.29, 1.82) is 0 Å². The van der Waals surface area contributed by atoms with Gasteiger partial charge >= 0.3 is 0 Å². The van der Waals surface area contributed by atoms with Crippen LogP contribution in [0.2, 0.25) is 5.02 Å². The van der Waals surface area contributed by atoms with Gasteiger partial charge in [-0.15, -0.1) is 0 Å². The predicted octanol–water partition coefficient (Wildman–Crippen LogP) is 2.57. The Kier molecular flexibility index (Phi) is 4.76. The maximum Gasteiger partial charge on any atom is 0.270 e. The Hall–Kier alpha value is -1.85. The summed E-state index contributed by atoms with van der Waals surface area (Å²) in [5.74, 6) is 0.177. The highest BCUT2D eigenvalue weighted by atomic mass is 35.5. The number of nitrogens with zero attached hydrogens (tertiary/aromatic N) is 1. The van der Waals surface area contributed by atoms with Crippen molar-refractivity contribution < 1.29 is 14.3 Å². The first kappa shape index (κ1) is 14.6. The Bertz CT molecular complexity index is 554. The molecule has 0 saturated carbocycles. The van der Waals surface area contributed by atoms with Gasteiger partial charge in [-0.3, -0.25) is 4.79 Å². The summed E-state index contributed by atoms with van der Waals surface area (Å²) < 4.78 is 5.11. The molecular formula is C14H15ClN2O3. The number of aromatic nitrogens is 1. The second-order valence-electron chi connectivity index (χ2n) is 4.50. The molecule has 2 rings (SSSR count). The van der Waals surface area contributed by atoms with Crippen LogP contribution < -0.4 is 5.32 Å². The number of amides is 1. The Morgan fingerprint density at radius 2 is 2.30 bits per heavy atom. The molecule has 0 bridgehead atoms. The van der Waals surface area contributed by atoms with E-state index < -0.39 is 6.10 Å². The minimum atomic E-state index is -0.751. The van der Waals surface area contributed by atoms with E-state index in [-0.39, 0.29) is 17.6 Å². The fraction of sp³-hybridized carbons (Fsp3) is 0.286. The topological polar surface area (TPSA) is 75.4 Å². The number of carbonyl (C=O) groups excluding carboxylic acids is 1. The zero-order chi connectivity index (χ0) is 14.5. The van der Waals surface area contributed by atoms with Crippen LogP contribution in [0, 0.1) is 0 Å². The van der Waals surface area contributed by atoms with Crippen LogP contribution in [0.1, 0.15) is 35.7 Å². The maximum atomic E-state index is 11.9. The number of hydrogen-bond donors (Lipinski definition) is 2. The zero-order valence-electron chi connectivity index (χ0n) is 10.9. The first-order valence-corrected chi connectivity index (χ1v) is 6.58. The molecule has 0 radical (unpaired) electrons. The summed E-state index contributed by atoms with van der Waals surface area (Å²) >= 11 is 5.71. The highest BCUT2D eigenvalue weighted by Gasteiger charge is 2.17. The summed E-state index contributed by atoms with van der Waals surface area (Å²) in [5, 5.41) is 13.2. The van der Waals surface area contributed by atoms with Gasteiger partial charge in [-0.05, 0) is 31.2 Å². The molecule has 0 aromatic carbocycles. The third-order valence-electron chi connectivity index (χ3n) is 2.79. The number of carbonyl (C=O) groups is 1. The molecule has 0 spiro atoms. The third kappa shape index (κ3) is 3.82. The third-order valence-corrected chi connectivity index (χ3v) is 3.01. The Morgan fingerprint density at radius 3 is 2.90 bits per heavy atom. The van der Waals surface area contributed by atoms with Crippen molar-refractivity contribution in [2.75, 3.05) is 0 Å². The van der Waals surface area contributed by atoms with Crippen molar-refractivity contribution >= 4 is 17.5 Å². The van der Waals surface area contributed by atoms with Crippen LogP contribution in [-0.2, 0) is 0 Å². The van der Waals surface area contributed by atoms with Crippen molar-refractivity contribution in [2.24, 2.45) is 0 Å². The Morgan fingerprint density at radius 1 is 1.50 bits per heavy atom. The quantitative estimate of drug-likeness (QED) is 0.888. The van der Waals surface area contributed by atoms with Crippen LogP contribution in [0.4, 0.5) is 0 Å². The summed E-state index contributed by atoms with van der Waals surface area (Å²) in [4.78, 5) is 15.8. The van der Waals surface area contributed by atoms with E-state index in [1.54, 1.807) is 31.2 Å². The largest absolute Gasteiger partial charge is 0.467 e. The highest BCUT2D eigenvalue weighted by molar-refractivity contribution is 6.30. The van der Waals surface area contributed by atoms with Gasteiger partial charge in [0.05, 0.1) is 11.3 Å². The summed E-state index contributed by atoms with van der Waals surface area (Å²) in [6.07, 6.45) is 2.52. The van der Waals surface area contributed by atoms with Crippen molar-refractivity contribution in [3.63, 3.8) is 0 Å². The number of nitrogens with one attached hydrogen (secondary N) is 1. The molecule has 2 aromatic heterocycles. The van der Waals surface area contributed by atoms with E-state index in [1.165, 1.54) is 12.5 Å². The molecule has 2 heterocycles. The van der Waals surface area contributed by atoms with Gasteiger partial charge in [-0.2, -0.15) is 0 Å². The van der Waals surface area contributed by atoms with Crippen LogP contribution in [-0.4, -0.2) is 22.0 Å². The number of halogens is 1. The lowest BCUT2D eigenvalue weighted by atomic mass is 10.1. The summed E-state index contributed by atoms with van der Waals surface area (Å²) in [6.45, 7) is 1.81. The molecule has 5 nitrogen and oxygen atoms in total. The summed E-state index contributed by atoms with van der Waals surface area (Å²) in [5.41, 5.74) is 0.286. The van der Waals surface area contributed by atoms with Crippen molar-refractivity contribution in [3.8, 4) is 0 Å². The van der Waals surface area contributed by atoms with Gasteiger partial charge in [0.1, 0.15) is 17.6 Å². The van der Waals surface area contributed by atoms with Crippen LogP contribution >= 0.6 is 11.6 Å². The molecule has 2 atom stereocenters. The minimum Gasteiger partial charge on any atom is -0.467 e. The van der Waals surface area contributed by atoms with Gasteiger partial charge in [-0.25, -0.2) is 4.98 Å². The molecule has 20 heavy (non-hydrogen) atoms. The van der Waals surface area contributed by atoms with Crippen LogP contribution in [0.25, 0.3) is 0 Å². The van der Waals surface area contributed by atoms with Crippen molar-refractivity contribution in [1.82, 2.24) is 10.3 Å². The normalized spacial score (nSPS) is 13.8. The molecule has 0 aliphatic carbocycles. The highest BCUT2D eigenvalue weighted by Crippen LogP contribution is 2.18. The molecule has 106 valence electrons. The van der Waals surface area contributed by atoms with E-state index in [0.717, 1.165) is 0 Å². The Labute approximate surface area is 121 Å². The van der Waals surface area contributed by atoms with Crippen molar-refractivity contribution in [3.05, 3.63) is 53.2 Å². The van der Waals surface area contributed by atoms with Gasteiger partial charge in [-0.1, -0.05) is 11.6 Å². The second kappa shape index (κ2) is 6.54. The van der Waals surface area contributed by atoms with E-state index in [1.807, 2.05) is 0 Å². The van der Waals surface area contributed by atoms with Gasteiger partial charge in [0.15, 0.2) is 0 Å². The number of rotatable bonds is 5. The lowest BCUT2D eigenvalue weighted by Gasteiger charge is -2.16. The maximum absolute atomic E-state index is 11.9. The summed E-state index contributed by atoms with van der Waals surface area (Å²) in [7, 11) is 0. The SMILES string of the molecule is C[C@H](C[C@H](O)c1ccco1)NC(=O)c1ccc(Cl)cn1. The standard InChI is InChI=1S/C14H15ClN2O3/c1-9(7-12(18)13-3-2-6-20-13)17-14(19)11-5-4-10(15)8-16-11/h2-6,8-9,12,18H,7H2,1H3,(H,17,19)/t9-,12+/m1/s1. The second-order valence-corrected chi connectivity index (χ2v) is 4.94. The van der Waals surface area contributed by atoms with Crippen LogP contribution in [0.15, 0.2) is 41.1 Å². The molecule has 6 heteroatoms. The fourth-order valence-electron chi connectivity index (χ4n) is 1.80. The lowest BCUT2D eigenvalue weighted by molar-refractivity contribution is 0.0898. The molecule has 0 fully saturated rings. The van der Waals surface area contributed by atoms with E-state index in [4.69, 9.17) is 16.0 Å². The molecule has 2 aromatic rings. The molecule has 0 aliphatic heterocycles. The Balaban J connectivity index is 1.89. The number of aliphatic hydroxyl groups excluding tert-OH is 1. The molecule has 0 saturated heterocycles. The predicted molar refractivity (Wildman–Crippen MR) is 74.5 cm³/mol. The fourth-order valence-corrected chi connectivity index (χ4v) is 1.91. The zero-order valence-corrected chi connectivity index (χ0v) is 11.7. The van der Waals surface area contributed by atoms with E-state index >= 15 is 0 Å². The molecular weight excluding hydrogens is 280 g/mol. The average Bonchev–Trinajstić information content (AvgIpc) is 2.93. The first-order chi connectivity index (χ1) is 9.56. The summed E-state index contributed by atoms with van der Waals surface area (Å²) in [6, 6.07) is 6.33. The van der Waals surface area contributed by atoms with Gasteiger partial charge < -0.3 is 14.8 Å². The number of furan rings is 1. The molecule has 1 amide bonds. The van der Waals surface area contributed by atoms with E-state index in [0.29, 0.717) is 17.2 Å². The molecule has 0 aliphatic rings. The first-order valence-electron chi connectivity index (χ1n) is 6.20. The van der Waals surface area contributed by atoms with E-state index in [9.17, 15) is 9.90 Å². The molecule has 2 N–H and O–H groups in total. The van der Waals surface area contributed by atoms with Gasteiger partial charge in [0.25, 0.3) is 5.91 Å². The minimum absolute atomic E-state index is 0.222.